The first-order valence-corrected chi connectivity index (χ1v) is 9.44. The molecule has 0 spiro atoms. The summed E-state index contributed by atoms with van der Waals surface area (Å²) in [5.41, 5.74) is 2.48. The van der Waals surface area contributed by atoms with Gasteiger partial charge in [-0.25, -0.2) is 4.98 Å². The molecule has 146 valence electrons. The van der Waals surface area contributed by atoms with Crippen LogP contribution in [0, 0.1) is 11.3 Å². The first-order chi connectivity index (χ1) is 14.1. The highest BCUT2D eigenvalue weighted by Crippen LogP contribution is 2.23. The molecule has 3 heterocycles. The Bertz CT molecular complexity index is 1020. The number of nitrogens with one attached hydrogen (secondary N) is 1. The van der Waals surface area contributed by atoms with Gasteiger partial charge in [0.2, 0.25) is 5.95 Å². The van der Waals surface area contributed by atoms with Gasteiger partial charge < -0.3 is 15.0 Å². The lowest BCUT2D eigenvalue weighted by molar-refractivity contribution is -0.00571. The van der Waals surface area contributed by atoms with Crippen LogP contribution in [0.3, 0.4) is 0 Å². The molecule has 8 heteroatoms. The first-order valence-electron chi connectivity index (χ1n) is 9.44. The van der Waals surface area contributed by atoms with E-state index >= 15 is 0 Å². The number of morpholine rings is 1. The van der Waals surface area contributed by atoms with Crippen molar-refractivity contribution in [1.82, 2.24) is 20.2 Å². The summed E-state index contributed by atoms with van der Waals surface area (Å²) in [5.74, 6) is 1.89. The van der Waals surface area contributed by atoms with Gasteiger partial charge in [0.1, 0.15) is 5.82 Å². The quantitative estimate of drug-likeness (QED) is 0.729. The SMILES string of the molecule is C[C@@H]1CN(c2nccc(Nc3cc(-c4ccc(C#N)cc4)cnn3)n2)C[C@H](C)O1. The van der Waals surface area contributed by atoms with Gasteiger partial charge in [0.15, 0.2) is 5.82 Å². The second-order valence-electron chi connectivity index (χ2n) is 7.05. The second-order valence-corrected chi connectivity index (χ2v) is 7.05. The van der Waals surface area contributed by atoms with Crippen molar-refractivity contribution < 1.29 is 4.74 Å². The molecular formula is C21H21N7O. The van der Waals surface area contributed by atoms with Crippen LogP contribution in [-0.2, 0) is 4.74 Å². The molecule has 0 amide bonds. The van der Waals surface area contributed by atoms with Gasteiger partial charge in [-0.3, -0.25) is 0 Å². The minimum atomic E-state index is 0.133. The lowest BCUT2D eigenvalue weighted by Gasteiger charge is -2.35. The Morgan fingerprint density at radius 2 is 1.83 bits per heavy atom. The Morgan fingerprint density at radius 3 is 2.55 bits per heavy atom. The maximum atomic E-state index is 8.95. The van der Waals surface area contributed by atoms with E-state index in [-0.39, 0.29) is 12.2 Å². The highest BCUT2D eigenvalue weighted by atomic mass is 16.5. The fraction of sp³-hybridized carbons (Fsp3) is 0.286. The number of aromatic nitrogens is 4. The molecule has 0 bridgehead atoms. The molecule has 4 rings (SSSR count). The van der Waals surface area contributed by atoms with E-state index in [4.69, 9.17) is 10.00 Å². The zero-order valence-corrected chi connectivity index (χ0v) is 16.3. The van der Waals surface area contributed by atoms with E-state index in [0.717, 1.165) is 24.2 Å². The third-order valence-electron chi connectivity index (χ3n) is 4.60. The van der Waals surface area contributed by atoms with Crippen LogP contribution in [0.4, 0.5) is 17.6 Å². The third-order valence-corrected chi connectivity index (χ3v) is 4.60. The summed E-state index contributed by atoms with van der Waals surface area (Å²) in [7, 11) is 0. The number of hydrogen-bond donors (Lipinski definition) is 1. The van der Waals surface area contributed by atoms with E-state index in [1.165, 1.54) is 0 Å². The molecule has 1 aliphatic heterocycles. The second kappa shape index (κ2) is 8.20. The van der Waals surface area contributed by atoms with Crippen LogP contribution in [0.1, 0.15) is 19.4 Å². The average molecular weight is 387 g/mol. The zero-order chi connectivity index (χ0) is 20.2. The summed E-state index contributed by atoms with van der Waals surface area (Å²) in [5, 5.41) is 20.4. The zero-order valence-electron chi connectivity index (χ0n) is 16.3. The Balaban J connectivity index is 1.53. The fourth-order valence-electron chi connectivity index (χ4n) is 3.37. The summed E-state index contributed by atoms with van der Waals surface area (Å²) in [4.78, 5) is 11.2. The number of rotatable bonds is 4. The summed E-state index contributed by atoms with van der Waals surface area (Å²) in [6, 6.07) is 13.2. The van der Waals surface area contributed by atoms with E-state index in [9.17, 15) is 0 Å². The predicted molar refractivity (Wildman–Crippen MR) is 110 cm³/mol. The summed E-state index contributed by atoms with van der Waals surface area (Å²) >= 11 is 0. The molecule has 1 aliphatic rings. The molecule has 0 unspecified atom stereocenters. The smallest absolute Gasteiger partial charge is 0.227 e. The van der Waals surface area contributed by atoms with Crippen molar-refractivity contribution in [3.63, 3.8) is 0 Å². The van der Waals surface area contributed by atoms with Gasteiger partial charge in [-0.2, -0.15) is 15.3 Å². The summed E-state index contributed by atoms with van der Waals surface area (Å²) in [6.45, 7) is 5.60. The molecule has 2 aromatic heterocycles. The van der Waals surface area contributed by atoms with E-state index in [1.807, 2.05) is 18.2 Å². The molecule has 1 aromatic carbocycles. The van der Waals surface area contributed by atoms with E-state index in [2.05, 4.69) is 50.3 Å². The van der Waals surface area contributed by atoms with Crippen LogP contribution in [0.2, 0.25) is 0 Å². The molecule has 1 fully saturated rings. The summed E-state index contributed by atoms with van der Waals surface area (Å²) in [6.07, 6.45) is 3.69. The minimum Gasteiger partial charge on any atom is -0.372 e. The normalized spacial score (nSPS) is 18.9. The highest BCUT2D eigenvalue weighted by Gasteiger charge is 2.24. The first kappa shape index (κ1) is 18.8. The number of ether oxygens (including phenoxy) is 1. The molecule has 1 N–H and O–H groups in total. The van der Waals surface area contributed by atoms with Crippen LogP contribution >= 0.6 is 0 Å². The van der Waals surface area contributed by atoms with Crippen molar-refractivity contribution in [1.29, 1.82) is 5.26 Å². The van der Waals surface area contributed by atoms with Crippen molar-refractivity contribution in [3.05, 3.63) is 54.4 Å². The molecule has 0 saturated carbocycles. The largest absolute Gasteiger partial charge is 0.372 e. The van der Waals surface area contributed by atoms with Crippen LogP contribution in [0.25, 0.3) is 11.1 Å². The Hall–Kier alpha value is -3.57. The lowest BCUT2D eigenvalue weighted by Crippen LogP contribution is -2.46. The van der Waals surface area contributed by atoms with Gasteiger partial charge in [-0.05, 0) is 43.7 Å². The van der Waals surface area contributed by atoms with Crippen molar-refractivity contribution in [2.24, 2.45) is 0 Å². The maximum Gasteiger partial charge on any atom is 0.227 e. The molecule has 29 heavy (non-hydrogen) atoms. The van der Waals surface area contributed by atoms with Gasteiger partial charge >= 0.3 is 0 Å². The molecule has 2 atom stereocenters. The molecule has 1 saturated heterocycles. The number of anilines is 3. The van der Waals surface area contributed by atoms with E-state index < -0.39 is 0 Å². The van der Waals surface area contributed by atoms with Crippen molar-refractivity contribution in [2.45, 2.75) is 26.1 Å². The van der Waals surface area contributed by atoms with Crippen molar-refractivity contribution >= 4 is 17.6 Å². The van der Waals surface area contributed by atoms with E-state index in [1.54, 1.807) is 30.6 Å². The van der Waals surface area contributed by atoms with Gasteiger partial charge in [-0.15, -0.1) is 5.10 Å². The molecule has 0 aliphatic carbocycles. The Labute approximate surface area is 169 Å². The van der Waals surface area contributed by atoms with Gasteiger partial charge in [0, 0.05) is 24.8 Å². The van der Waals surface area contributed by atoms with Crippen LogP contribution in [-0.4, -0.2) is 45.5 Å². The van der Waals surface area contributed by atoms with Crippen LogP contribution in [0.5, 0.6) is 0 Å². The number of nitrogens with zero attached hydrogens (tertiary/aromatic N) is 6. The van der Waals surface area contributed by atoms with E-state index in [0.29, 0.717) is 23.1 Å². The molecule has 0 radical (unpaired) electrons. The Kier molecular flexibility index (Phi) is 5.31. The number of benzene rings is 1. The number of nitriles is 1. The monoisotopic (exact) mass is 387 g/mol. The molecular weight excluding hydrogens is 366 g/mol. The van der Waals surface area contributed by atoms with Crippen molar-refractivity contribution in [3.8, 4) is 17.2 Å². The lowest BCUT2D eigenvalue weighted by atomic mass is 10.1. The predicted octanol–water partition coefficient (Wildman–Crippen LogP) is 3.16. The standard InChI is InChI=1S/C21H21N7O/c1-14-12-28(13-15(2)29-14)21-23-8-7-19(26-21)25-20-9-18(11-24-27-20)17-5-3-16(10-22)4-6-17/h3-9,11,14-15H,12-13H2,1-2H3,(H,23,25,26,27)/t14-,15+. The fourth-order valence-corrected chi connectivity index (χ4v) is 3.37. The van der Waals surface area contributed by atoms with Crippen molar-refractivity contribution in [2.75, 3.05) is 23.3 Å². The van der Waals surface area contributed by atoms with Gasteiger partial charge in [0.25, 0.3) is 0 Å². The average Bonchev–Trinajstić information content (AvgIpc) is 2.73. The molecule has 8 nitrogen and oxygen atoms in total. The Morgan fingerprint density at radius 1 is 1.07 bits per heavy atom. The molecule has 3 aromatic rings. The minimum absolute atomic E-state index is 0.133. The maximum absolute atomic E-state index is 8.95. The van der Waals surface area contributed by atoms with Gasteiger partial charge in [-0.1, -0.05) is 12.1 Å². The summed E-state index contributed by atoms with van der Waals surface area (Å²) < 4.78 is 5.78. The third kappa shape index (κ3) is 4.47. The number of hydrogen-bond acceptors (Lipinski definition) is 8. The highest BCUT2D eigenvalue weighted by molar-refractivity contribution is 5.67. The van der Waals surface area contributed by atoms with Crippen LogP contribution in [0.15, 0.2) is 48.8 Å². The topological polar surface area (TPSA) is 99.9 Å². The van der Waals surface area contributed by atoms with Gasteiger partial charge in [0.05, 0.1) is 30.0 Å². The van der Waals surface area contributed by atoms with Crippen LogP contribution < -0.4 is 10.2 Å².